The molecule has 4 rings (SSSR count). The number of anilines is 1. The molecule has 1 heterocycles. The highest BCUT2D eigenvalue weighted by Crippen LogP contribution is 2.52. The summed E-state index contributed by atoms with van der Waals surface area (Å²) in [5.41, 5.74) is 3.82. The van der Waals surface area contributed by atoms with Crippen molar-refractivity contribution in [3.63, 3.8) is 0 Å². The van der Waals surface area contributed by atoms with E-state index < -0.39 is 36.9 Å². The van der Waals surface area contributed by atoms with Crippen LogP contribution in [0.5, 0.6) is 0 Å². The van der Waals surface area contributed by atoms with Crippen LogP contribution >= 0.6 is 11.6 Å². The maximum atomic E-state index is 13.4. The predicted molar refractivity (Wildman–Crippen MR) is 105 cm³/mol. The Hall–Kier alpha value is -2.98. The molecule has 1 unspecified atom stereocenters. The van der Waals surface area contributed by atoms with Crippen LogP contribution in [0.1, 0.15) is 17.5 Å². The Labute approximate surface area is 178 Å². The van der Waals surface area contributed by atoms with E-state index >= 15 is 0 Å². The SMILES string of the molecule is O=C1OC(c2ccccc2)=NC1=NNc1ccc(Cl)c(COC2CC(F)(F)C2(F)F)c1. The molecule has 0 bridgehead atoms. The number of rotatable bonds is 6. The van der Waals surface area contributed by atoms with Gasteiger partial charge >= 0.3 is 17.8 Å². The van der Waals surface area contributed by atoms with E-state index in [9.17, 15) is 22.4 Å². The van der Waals surface area contributed by atoms with E-state index in [0.29, 0.717) is 11.3 Å². The van der Waals surface area contributed by atoms with Crippen LogP contribution in [0.4, 0.5) is 23.2 Å². The van der Waals surface area contributed by atoms with Crippen molar-refractivity contribution in [2.24, 2.45) is 10.1 Å². The number of halogens is 5. The lowest BCUT2D eigenvalue weighted by Gasteiger charge is -2.43. The first-order chi connectivity index (χ1) is 14.7. The fraction of sp³-hybridized carbons (Fsp3) is 0.250. The smallest absolute Gasteiger partial charge is 0.385 e. The first-order valence-electron chi connectivity index (χ1n) is 9.03. The Bertz CT molecular complexity index is 1080. The van der Waals surface area contributed by atoms with Crippen LogP contribution in [0.25, 0.3) is 0 Å². The Balaban J connectivity index is 1.43. The molecule has 2 aromatic carbocycles. The molecule has 11 heteroatoms. The van der Waals surface area contributed by atoms with Crippen LogP contribution in [-0.2, 0) is 20.9 Å². The third-order valence-electron chi connectivity index (χ3n) is 4.71. The van der Waals surface area contributed by atoms with Gasteiger partial charge in [-0.1, -0.05) is 29.8 Å². The molecule has 1 fully saturated rings. The van der Waals surface area contributed by atoms with E-state index in [1.807, 2.05) is 0 Å². The molecule has 1 saturated carbocycles. The first-order valence-corrected chi connectivity index (χ1v) is 9.41. The third kappa shape index (κ3) is 4.13. The summed E-state index contributed by atoms with van der Waals surface area (Å²) in [4.78, 5) is 16.0. The zero-order chi connectivity index (χ0) is 22.2. The fourth-order valence-corrected chi connectivity index (χ4v) is 3.07. The van der Waals surface area contributed by atoms with Gasteiger partial charge in [-0.3, -0.25) is 5.43 Å². The number of hydrogen-bond donors (Lipinski definition) is 1. The minimum atomic E-state index is -4.22. The van der Waals surface area contributed by atoms with Crippen LogP contribution in [-0.4, -0.2) is 35.7 Å². The van der Waals surface area contributed by atoms with Crippen molar-refractivity contribution in [3.8, 4) is 0 Å². The number of aliphatic imine (C=N–C) groups is 1. The zero-order valence-corrected chi connectivity index (χ0v) is 16.4. The molecular formula is C20H14ClF4N3O3. The van der Waals surface area contributed by atoms with Crippen molar-refractivity contribution < 1.29 is 31.8 Å². The molecule has 0 saturated heterocycles. The van der Waals surface area contributed by atoms with Gasteiger partial charge in [-0.2, -0.15) is 22.6 Å². The molecule has 162 valence electrons. The second kappa shape index (κ2) is 7.93. The van der Waals surface area contributed by atoms with Crippen molar-refractivity contribution in [3.05, 3.63) is 64.7 Å². The largest absolute Gasteiger partial charge is 0.401 e. The maximum absolute atomic E-state index is 13.4. The second-order valence-corrected chi connectivity index (χ2v) is 7.26. The number of nitrogens with one attached hydrogen (secondary N) is 1. The van der Waals surface area contributed by atoms with Gasteiger partial charge in [-0.25, -0.2) is 4.79 Å². The summed E-state index contributed by atoms with van der Waals surface area (Å²) in [5.74, 6) is -9.16. The highest BCUT2D eigenvalue weighted by molar-refractivity contribution is 6.43. The average Bonchev–Trinajstić information content (AvgIpc) is 3.12. The first kappa shape index (κ1) is 21.3. The van der Waals surface area contributed by atoms with E-state index in [0.717, 1.165) is 0 Å². The number of hydrazone groups is 1. The molecule has 1 aliphatic heterocycles. The number of ether oxygens (including phenoxy) is 2. The minimum absolute atomic E-state index is 0.106. The van der Waals surface area contributed by atoms with Crippen molar-refractivity contribution in [1.82, 2.24) is 0 Å². The Morgan fingerprint density at radius 2 is 1.94 bits per heavy atom. The molecule has 0 amide bonds. The van der Waals surface area contributed by atoms with Gasteiger partial charge in [-0.15, -0.1) is 5.10 Å². The zero-order valence-electron chi connectivity index (χ0n) is 15.6. The van der Waals surface area contributed by atoms with Crippen molar-refractivity contribution in [2.75, 3.05) is 5.43 Å². The summed E-state index contributed by atoms with van der Waals surface area (Å²) in [6.45, 7) is -0.403. The van der Waals surface area contributed by atoms with E-state index in [1.54, 1.807) is 30.3 Å². The van der Waals surface area contributed by atoms with Crippen LogP contribution in [0, 0.1) is 0 Å². The number of cyclic esters (lactones) is 1. The summed E-state index contributed by atoms with van der Waals surface area (Å²) >= 11 is 6.03. The monoisotopic (exact) mass is 455 g/mol. The van der Waals surface area contributed by atoms with Gasteiger partial charge < -0.3 is 9.47 Å². The molecule has 31 heavy (non-hydrogen) atoms. The summed E-state index contributed by atoms with van der Waals surface area (Å²) in [7, 11) is 0. The third-order valence-corrected chi connectivity index (χ3v) is 5.08. The molecular weight excluding hydrogens is 442 g/mol. The lowest BCUT2D eigenvalue weighted by molar-refractivity contribution is -0.342. The fourth-order valence-electron chi connectivity index (χ4n) is 2.90. The van der Waals surface area contributed by atoms with E-state index in [4.69, 9.17) is 21.1 Å². The topological polar surface area (TPSA) is 72.3 Å². The Morgan fingerprint density at radius 3 is 2.61 bits per heavy atom. The Morgan fingerprint density at radius 1 is 1.19 bits per heavy atom. The molecule has 6 nitrogen and oxygen atoms in total. The minimum Gasteiger partial charge on any atom is -0.401 e. The number of alkyl halides is 4. The van der Waals surface area contributed by atoms with Crippen LogP contribution < -0.4 is 5.43 Å². The van der Waals surface area contributed by atoms with E-state index in [2.05, 4.69) is 15.5 Å². The lowest BCUT2D eigenvalue weighted by atomic mass is 9.85. The van der Waals surface area contributed by atoms with Gasteiger partial charge in [0.15, 0.2) is 0 Å². The standard InChI is InChI=1S/C20H14ClF4N3O3/c21-14-7-6-13(8-12(14)10-30-15-9-19(22,23)20(15,24)25)27-28-16-18(29)31-17(26-16)11-4-2-1-3-5-11/h1-8,15,27H,9-10H2. The van der Waals surface area contributed by atoms with Gasteiger partial charge in [0, 0.05) is 10.6 Å². The summed E-state index contributed by atoms with van der Waals surface area (Å²) in [6.07, 6.45) is -2.96. The number of hydrogen-bond acceptors (Lipinski definition) is 5. The number of nitrogens with zero attached hydrogens (tertiary/aromatic N) is 2. The van der Waals surface area contributed by atoms with Crippen LogP contribution in [0.3, 0.4) is 0 Å². The quantitative estimate of drug-likeness (QED) is 0.392. The molecule has 2 aliphatic rings. The number of benzene rings is 2. The summed E-state index contributed by atoms with van der Waals surface area (Å²) in [6, 6.07) is 13.2. The molecule has 1 aliphatic carbocycles. The van der Waals surface area contributed by atoms with Crippen molar-refractivity contribution in [1.29, 1.82) is 0 Å². The number of carbonyl (C=O) groups is 1. The van der Waals surface area contributed by atoms with Gasteiger partial charge in [0.2, 0.25) is 5.90 Å². The van der Waals surface area contributed by atoms with Gasteiger partial charge in [-0.05, 0) is 35.9 Å². The van der Waals surface area contributed by atoms with Crippen molar-refractivity contribution in [2.45, 2.75) is 31.0 Å². The van der Waals surface area contributed by atoms with E-state index in [-0.39, 0.29) is 22.3 Å². The average molecular weight is 456 g/mol. The van der Waals surface area contributed by atoms with Crippen molar-refractivity contribution >= 4 is 35.0 Å². The summed E-state index contributed by atoms with van der Waals surface area (Å²) < 4.78 is 62.6. The molecule has 2 aromatic rings. The van der Waals surface area contributed by atoms with E-state index in [1.165, 1.54) is 18.2 Å². The highest BCUT2D eigenvalue weighted by atomic mass is 35.5. The molecule has 0 aromatic heterocycles. The number of carbonyl (C=O) groups excluding carboxylic acids is 1. The number of esters is 1. The highest BCUT2D eigenvalue weighted by Gasteiger charge is 2.72. The molecule has 0 radical (unpaired) electrons. The van der Waals surface area contributed by atoms with Crippen LogP contribution in [0.15, 0.2) is 58.6 Å². The van der Waals surface area contributed by atoms with Gasteiger partial charge in [0.25, 0.3) is 5.84 Å². The maximum Gasteiger partial charge on any atom is 0.385 e. The van der Waals surface area contributed by atoms with Gasteiger partial charge in [0.1, 0.15) is 6.10 Å². The molecule has 1 atom stereocenters. The predicted octanol–water partition coefficient (Wildman–Crippen LogP) is 4.63. The summed E-state index contributed by atoms with van der Waals surface area (Å²) in [5, 5.41) is 4.08. The molecule has 1 N–H and O–H groups in total. The number of amidine groups is 1. The lowest BCUT2D eigenvalue weighted by Crippen LogP contribution is -2.63. The molecule has 0 spiro atoms. The van der Waals surface area contributed by atoms with Crippen LogP contribution in [0.2, 0.25) is 5.02 Å². The normalized spacial score (nSPS) is 22.6. The van der Waals surface area contributed by atoms with Gasteiger partial charge in [0.05, 0.1) is 18.7 Å². The Kier molecular flexibility index (Phi) is 5.44. The second-order valence-electron chi connectivity index (χ2n) is 6.86.